The Bertz CT molecular complexity index is 110. The van der Waals surface area contributed by atoms with Crippen LogP contribution in [0.2, 0.25) is 0 Å². The second kappa shape index (κ2) is 5.55. The zero-order chi connectivity index (χ0) is 8.81. The molecule has 1 fully saturated rings. The molecule has 0 amide bonds. The molecule has 1 rings (SSSR count). The first-order valence-electron chi connectivity index (χ1n) is 5.14. The predicted octanol–water partition coefficient (Wildman–Crippen LogP) is 1.80. The quantitative estimate of drug-likeness (QED) is 0.696. The molecular weight excluding hydrogens is 150 g/mol. The van der Waals surface area contributed by atoms with Gasteiger partial charge in [0.05, 0.1) is 6.61 Å². The second-order valence-corrected chi connectivity index (χ2v) is 3.80. The Balaban J connectivity index is 2.05. The Morgan fingerprint density at radius 2 is 2.42 bits per heavy atom. The van der Waals surface area contributed by atoms with E-state index >= 15 is 0 Å². The average Bonchev–Trinajstić information content (AvgIpc) is 2.16. The zero-order valence-electron chi connectivity index (χ0n) is 8.31. The fraction of sp³-hybridized carbons (Fsp3) is 1.00. The summed E-state index contributed by atoms with van der Waals surface area (Å²) in [5.41, 5.74) is 0. The molecule has 0 aromatic carbocycles. The maximum absolute atomic E-state index is 5.41. The molecule has 0 aromatic rings. The SMILES string of the molecule is CCC(C)NCC1CCCOC1. The van der Waals surface area contributed by atoms with Crippen molar-refractivity contribution in [2.24, 2.45) is 5.92 Å². The molecular formula is C10H21NO. The van der Waals surface area contributed by atoms with E-state index in [1.54, 1.807) is 0 Å². The molecule has 1 N–H and O–H groups in total. The lowest BCUT2D eigenvalue weighted by atomic mass is 10.0. The van der Waals surface area contributed by atoms with Gasteiger partial charge in [0.1, 0.15) is 0 Å². The fourth-order valence-electron chi connectivity index (χ4n) is 1.48. The highest BCUT2D eigenvalue weighted by molar-refractivity contribution is 4.68. The third kappa shape index (κ3) is 3.55. The van der Waals surface area contributed by atoms with Crippen LogP contribution in [0.3, 0.4) is 0 Å². The molecule has 2 unspecified atom stereocenters. The summed E-state index contributed by atoms with van der Waals surface area (Å²) in [6.45, 7) is 7.52. The third-order valence-corrected chi connectivity index (χ3v) is 2.62. The highest BCUT2D eigenvalue weighted by atomic mass is 16.5. The van der Waals surface area contributed by atoms with Crippen molar-refractivity contribution in [2.45, 2.75) is 39.2 Å². The molecule has 0 radical (unpaired) electrons. The van der Waals surface area contributed by atoms with Crippen LogP contribution in [0.5, 0.6) is 0 Å². The first kappa shape index (κ1) is 10.0. The van der Waals surface area contributed by atoms with E-state index in [0.29, 0.717) is 6.04 Å². The summed E-state index contributed by atoms with van der Waals surface area (Å²) in [5.74, 6) is 0.757. The monoisotopic (exact) mass is 171 g/mol. The maximum atomic E-state index is 5.41. The van der Waals surface area contributed by atoms with Gasteiger partial charge in [-0.1, -0.05) is 6.92 Å². The van der Waals surface area contributed by atoms with Gasteiger partial charge in [0.2, 0.25) is 0 Å². The van der Waals surface area contributed by atoms with E-state index in [9.17, 15) is 0 Å². The molecule has 1 aliphatic rings. The molecule has 1 saturated heterocycles. The summed E-state index contributed by atoms with van der Waals surface area (Å²) in [7, 11) is 0. The Labute approximate surface area is 75.7 Å². The Hall–Kier alpha value is -0.0800. The van der Waals surface area contributed by atoms with E-state index in [4.69, 9.17) is 4.74 Å². The molecule has 0 bridgehead atoms. The fourth-order valence-corrected chi connectivity index (χ4v) is 1.48. The molecule has 1 aliphatic heterocycles. The minimum Gasteiger partial charge on any atom is -0.381 e. The molecule has 1 heterocycles. The van der Waals surface area contributed by atoms with Crippen LogP contribution < -0.4 is 5.32 Å². The van der Waals surface area contributed by atoms with E-state index in [1.165, 1.54) is 19.3 Å². The van der Waals surface area contributed by atoms with Gasteiger partial charge in [0, 0.05) is 19.2 Å². The van der Waals surface area contributed by atoms with Crippen molar-refractivity contribution >= 4 is 0 Å². The first-order valence-corrected chi connectivity index (χ1v) is 5.14. The van der Waals surface area contributed by atoms with Crippen LogP contribution in [0.15, 0.2) is 0 Å². The van der Waals surface area contributed by atoms with E-state index < -0.39 is 0 Å². The van der Waals surface area contributed by atoms with Gasteiger partial charge in [-0.2, -0.15) is 0 Å². The topological polar surface area (TPSA) is 21.3 Å². The van der Waals surface area contributed by atoms with Crippen LogP contribution in [-0.4, -0.2) is 25.8 Å². The summed E-state index contributed by atoms with van der Waals surface area (Å²) >= 11 is 0. The van der Waals surface area contributed by atoms with Crippen molar-refractivity contribution < 1.29 is 4.74 Å². The smallest absolute Gasteiger partial charge is 0.0506 e. The van der Waals surface area contributed by atoms with Crippen LogP contribution in [0.1, 0.15) is 33.1 Å². The van der Waals surface area contributed by atoms with Gasteiger partial charge in [-0.3, -0.25) is 0 Å². The van der Waals surface area contributed by atoms with Crippen LogP contribution in [0.25, 0.3) is 0 Å². The third-order valence-electron chi connectivity index (χ3n) is 2.62. The lowest BCUT2D eigenvalue weighted by molar-refractivity contribution is 0.0540. The van der Waals surface area contributed by atoms with Crippen LogP contribution >= 0.6 is 0 Å². The number of hydrogen-bond donors (Lipinski definition) is 1. The number of rotatable bonds is 4. The molecule has 0 aromatic heterocycles. The molecule has 2 nitrogen and oxygen atoms in total. The van der Waals surface area contributed by atoms with Crippen molar-refractivity contribution in [3.8, 4) is 0 Å². The normalized spacial score (nSPS) is 27.0. The van der Waals surface area contributed by atoms with Crippen molar-refractivity contribution in [1.29, 1.82) is 0 Å². The van der Waals surface area contributed by atoms with Crippen molar-refractivity contribution in [3.05, 3.63) is 0 Å². The zero-order valence-corrected chi connectivity index (χ0v) is 8.31. The second-order valence-electron chi connectivity index (χ2n) is 3.80. The van der Waals surface area contributed by atoms with Gasteiger partial charge < -0.3 is 10.1 Å². The molecule has 72 valence electrons. The van der Waals surface area contributed by atoms with Gasteiger partial charge in [-0.25, -0.2) is 0 Å². The van der Waals surface area contributed by atoms with Gasteiger partial charge in [-0.15, -0.1) is 0 Å². The van der Waals surface area contributed by atoms with Crippen LogP contribution in [0.4, 0.5) is 0 Å². The molecule has 0 spiro atoms. The average molecular weight is 171 g/mol. The standard InChI is InChI=1S/C10H21NO/c1-3-9(2)11-7-10-5-4-6-12-8-10/h9-11H,3-8H2,1-2H3. The van der Waals surface area contributed by atoms with Gasteiger partial charge >= 0.3 is 0 Å². The van der Waals surface area contributed by atoms with Crippen LogP contribution in [0, 0.1) is 5.92 Å². The predicted molar refractivity (Wildman–Crippen MR) is 51.3 cm³/mol. The molecule has 0 aliphatic carbocycles. The van der Waals surface area contributed by atoms with Crippen molar-refractivity contribution in [2.75, 3.05) is 19.8 Å². The van der Waals surface area contributed by atoms with Gasteiger partial charge in [-0.05, 0) is 32.1 Å². The highest BCUT2D eigenvalue weighted by Gasteiger charge is 2.13. The summed E-state index contributed by atoms with van der Waals surface area (Å²) in [6, 6.07) is 0.659. The Kier molecular flexibility index (Phi) is 4.62. The first-order chi connectivity index (χ1) is 5.83. The number of nitrogens with one attached hydrogen (secondary N) is 1. The highest BCUT2D eigenvalue weighted by Crippen LogP contribution is 2.12. The largest absolute Gasteiger partial charge is 0.381 e. The Morgan fingerprint density at radius 3 is 3.00 bits per heavy atom. The van der Waals surface area contributed by atoms with Crippen molar-refractivity contribution in [3.63, 3.8) is 0 Å². The van der Waals surface area contributed by atoms with E-state index in [-0.39, 0.29) is 0 Å². The molecule has 2 atom stereocenters. The number of hydrogen-bond acceptors (Lipinski definition) is 2. The lowest BCUT2D eigenvalue weighted by Crippen LogP contribution is -2.34. The Morgan fingerprint density at radius 1 is 1.58 bits per heavy atom. The summed E-state index contributed by atoms with van der Waals surface area (Å²) in [4.78, 5) is 0. The number of ether oxygens (including phenoxy) is 1. The minimum atomic E-state index is 0.659. The lowest BCUT2D eigenvalue weighted by Gasteiger charge is -2.23. The summed E-state index contributed by atoms with van der Waals surface area (Å²) in [5, 5.41) is 3.52. The maximum Gasteiger partial charge on any atom is 0.0506 e. The van der Waals surface area contributed by atoms with E-state index in [0.717, 1.165) is 25.7 Å². The summed E-state index contributed by atoms with van der Waals surface area (Å²) < 4.78 is 5.41. The van der Waals surface area contributed by atoms with Gasteiger partial charge in [0.15, 0.2) is 0 Å². The summed E-state index contributed by atoms with van der Waals surface area (Å²) in [6.07, 6.45) is 3.80. The van der Waals surface area contributed by atoms with Crippen LogP contribution in [-0.2, 0) is 4.74 Å². The van der Waals surface area contributed by atoms with E-state index in [1.807, 2.05) is 0 Å². The van der Waals surface area contributed by atoms with Crippen molar-refractivity contribution in [1.82, 2.24) is 5.32 Å². The van der Waals surface area contributed by atoms with E-state index in [2.05, 4.69) is 19.2 Å². The minimum absolute atomic E-state index is 0.659. The molecule has 12 heavy (non-hydrogen) atoms. The molecule has 2 heteroatoms. The van der Waals surface area contributed by atoms with Gasteiger partial charge in [0.25, 0.3) is 0 Å². The molecule has 0 saturated carbocycles.